The second-order valence-corrected chi connectivity index (χ2v) is 14.3. The summed E-state index contributed by atoms with van der Waals surface area (Å²) in [5.74, 6) is -1.04. The summed E-state index contributed by atoms with van der Waals surface area (Å²) >= 11 is 0. The molecule has 0 radical (unpaired) electrons. The molecule has 0 spiro atoms. The minimum absolute atomic E-state index is 0.0244. The van der Waals surface area contributed by atoms with Crippen LogP contribution in [0, 0.1) is 41.3 Å². The summed E-state index contributed by atoms with van der Waals surface area (Å²) in [7, 11) is 0. The van der Waals surface area contributed by atoms with Gasteiger partial charge in [0.25, 0.3) is 0 Å². The van der Waals surface area contributed by atoms with Gasteiger partial charge in [-0.25, -0.2) is 4.39 Å². The molecule has 7 nitrogen and oxygen atoms in total. The van der Waals surface area contributed by atoms with E-state index in [9.17, 15) is 19.8 Å². The summed E-state index contributed by atoms with van der Waals surface area (Å²) in [5, 5.41) is 22.2. The fourth-order valence-corrected chi connectivity index (χ4v) is 10.00. The van der Waals surface area contributed by atoms with Crippen molar-refractivity contribution in [1.82, 2.24) is 0 Å². The molecule has 0 unspecified atom stereocenters. The topological polar surface area (TPSA) is 119 Å². The maximum Gasteiger partial charge on any atom is 0.193 e. The van der Waals surface area contributed by atoms with Crippen molar-refractivity contribution in [3.63, 3.8) is 0 Å². The van der Waals surface area contributed by atoms with E-state index >= 15 is 4.39 Å². The van der Waals surface area contributed by atoms with Crippen molar-refractivity contribution in [2.24, 2.45) is 28.6 Å². The third kappa shape index (κ3) is 4.36. The smallest absolute Gasteiger partial charge is 0.193 e. The van der Waals surface area contributed by atoms with E-state index in [2.05, 4.69) is 6.92 Å². The molecule has 1 aliphatic heterocycles. The number of hydrogen-bond acceptors (Lipinski definition) is 7. The third-order valence-corrected chi connectivity index (χ3v) is 12.2. The van der Waals surface area contributed by atoms with Crippen LogP contribution < -0.4 is 5.73 Å². The molecule has 238 valence electrons. The van der Waals surface area contributed by atoms with E-state index < -0.39 is 53.1 Å². The van der Waals surface area contributed by atoms with Crippen molar-refractivity contribution in [2.75, 3.05) is 12.3 Å². The normalized spacial score (nSPS) is 38.3. The van der Waals surface area contributed by atoms with E-state index in [0.29, 0.717) is 36.1 Å². The van der Waals surface area contributed by atoms with Crippen molar-refractivity contribution >= 4 is 17.3 Å². The standard InChI is InChI=1S/C37H42FNO6/c1-20-4-8-22(9-5-21-6-11-24(39)12-7-21)33(38)31(20)34-44-30-17-27-26-13-10-23-16-25(41)14-15-35(23,2)32(26)28(42)18-36(27,3)37(30,45-34)29(43)19-40/h4,6-8,11-12,14-16,26-28,30,32,34,40,42H,5,9-10,13,17-19,39H2,1-3H3/t26-,27-,28-,30+,32+,34+,35-,36-,37+/m0/s1. The van der Waals surface area contributed by atoms with Crippen LogP contribution in [0.25, 0.3) is 0 Å². The van der Waals surface area contributed by atoms with Crippen LogP contribution in [0.3, 0.4) is 0 Å². The second kappa shape index (κ2) is 10.7. The number of allylic oxidation sites excluding steroid dienone is 4. The van der Waals surface area contributed by atoms with Crippen LogP contribution in [0.4, 0.5) is 10.1 Å². The number of ketones is 2. The van der Waals surface area contributed by atoms with Gasteiger partial charge in [0.15, 0.2) is 23.5 Å². The molecule has 4 N–H and O–H groups in total. The fourth-order valence-electron chi connectivity index (χ4n) is 10.00. The molecule has 0 bridgehead atoms. The zero-order chi connectivity index (χ0) is 31.9. The molecule has 4 fully saturated rings. The molecule has 7 rings (SSSR count). The maximum absolute atomic E-state index is 16.3. The van der Waals surface area contributed by atoms with E-state index in [0.717, 1.165) is 24.0 Å². The lowest BCUT2D eigenvalue weighted by molar-refractivity contribution is -0.201. The molecule has 45 heavy (non-hydrogen) atoms. The zero-order valence-corrected chi connectivity index (χ0v) is 26.1. The summed E-state index contributed by atoms with van der Waals surface area (Å²) in [6, 6.07) is 11.2. The Morgan fingerprint density at radius 2 is 1.89 bits per heavy atom. The van der Waals surface area contributed by atoms with Crippen molar-refractivity contribution in [3.05, 3.63) is 88.3 Å². The molecule has 1 heterocycles. The summed E-state index contributed by atoms with van der Waals surface area (Å²) < 4.78 is 29.5. The van der Waals surface area contributed by atoms with Crippen LogP contribution in [-0.2, 0) is 31.9 Å². The average molecular weight is 616 g/mol. The number of aryl methyl sites for hydroxylation is 3. The molecular formula is C37H42FNO6. The molecule has 0 aromatic heterocycles. The largest absolute Gasteiger partial charge is 0.399 e. The lowest BCUT2D eigenvalue weighted by Crippen LogP contribution is -2.63. The Balaban J connectivity index is 1.21. The van der Waals surface area contributed by atoms with Crippen LogP contribution in [0.15, 0.2) is 60.2 Å². The van der Waals surface area contributed by atoms with Crippen LogP contribution in [0.1, 0.15) is 68.1 Å². The molecule has 3 saturated carbocycles. The Bertz CT molecular complexity index is 1620. The minimum atomic E-state index is -1.53. The lowest BCUT2D eigenvalue weighted by Gasteiger charge is -2.59. The summed E-state index contributed by atoms with van der Waals surface area (Å²) in [5.41, 5.74) is 7.20. The van der Waals surface area contributed by atoms with Crippen molar-refractivity contribution in [3.8, 4) is 0 Å². The number of aliphatic hydroxyl groups excluding tert-OH is 2. The van der Waals surface area contributed by atoms with E-state index in [1.807, 2.05) is 43.3 Å². The highest BCUT2D eigenvalue weighted by Crippen LogP contribution is 2.70. The number of nitrogens with two attached hydrogens (primary N) is 1. The molecular weight excluding hydrogens is 573 g/mol. The van der Waals surface area contributed by atoms with Gasteiger partial charge in [-0.3, -0.25) is 9.59 Å². The number of rotatable bonds is 6. The first-order chi connectivity index (χ1) is 21.4. The number of fused-ring (bicyclic) bond motifs is 7. The number of aliphatic hydroxyl groups is 2. The van der Waals surface area contributed by atoms with Gasteiger partial charge in [-0.05, 0) is 98.3 Å². The third-order valence-electron chi connectivity index (χ3n) is 12.2. The average Bonchev–Trinajstić information content (AvgIpc) is 3.50. The number of halogens is 1. The zero-order valence-electron chi connectivity index (χ0n) is 26.1. The quantitative estimate of drug-likeness (QED) is 0.387. The van der Waals surface area contributed by atoms with Crippen molar-refractivity contribution < 1.29 is 33.7 Å². The summed E-state index contributed by atoms with van der Waals surface area (Å²) in [6.45, 7) is 5.15. The van der Waals surface area contributed by atoms with Crippen LogP contribution >= 0.6 is 0 Å². The number of nitrogen functional groups attached to an aromatic ring is 1. The highest BCUT2D eigenvalue weighted by molar-refractivity contribution is 6.01. The van der Waals surface area contributed by atoms with Crippen molar-refractivity contribution in [1.29, 1.82) is 0 Å². The van der Waals surface area contributed by atoms with Gasteiger partial charge in [0.2, 0.25) is 0 Å². The molecule has 1 saturated heterocycles. The molecule has 2 aromatic carbocycles. The van der Waals surface area contributed by atoms with Gasteiger partial charge in [-0.2, -0.15) is 0 Å². The van der Waals surface area contributed by atoms with Gasteiger partial charge in [0.1, 0.15) is 12.4 Å². The summed E-state index contributed by atoms with van der Waals surface area (Å²) in [6.07, 6.45) is 6.03. The Labute approximate surface area is 263 Å². The van der Waals surface area contributed by atoms with E-state index in [1.54, 1.807) is 25.1 Å². The number of carbonyl (C=O) groups is 2. The molecule has 5 aliphatic rings. The van der Waals surface area contributed by atoms with Crippen LogP contribution in [0.2, 0.25) is 0 Å². The molecule has 4 aliphatic carbocycles. The minimum Gasteiger partial charge on any atom is -0.399 e. The SMILES string of the molecule is Cc1ccc(CCc2ccc(N)cc2)c(F)c1[C@@H]1O[C@@H]2C[C@H]3[C@@H]4CCC5=CC(=O)C=C[C@]5(C)[C@H]4[C@@H](O)C[C@]3(C)[C@]2(C(=O)CO)O1. The summed E-state index contributed by atoms with van der Waals surface area (Å²) in [4.78, 5) is 26.1. The predicted molar refractivity (Wildman–Crippen MR) is 166 cm³/mol. The van der Waals surface area contributed by atoms with Crippen LogP contribution in [0.5, 0.6) is 0 Å². The number of ether oxygens (including phenoxy) is 2. The second-order valence-electron chi connectivity index (χ2n) is 14.3. The number of benzene rings is 2. The number of hydrogen-bond donors (Lipinski definition) is 3. The van der Waals surface area contributed by atoms with Gasteiger partial charge in [0, 0.05) is 28.0 Å². The van der Waals surface area contributed by atoms with Crippen molar-refractivity contribution in [2.45, 2.75) is 83.4 Å². The Kier molecular flexibility index (Phi) is 7.24. The molecule has 2 aromatic rings. The molecule has 8 heteroatoms. The first-order valence-corrected chi connectivity index (χ1v) is 16.1. The monoisotopic (exact) mass is 615 g/mol. The molecule has 0 amide bonds. The van der Waals surface area contributed by atoms with Gasteiger partial charge in [0.05, 0.1) is 12.2 Å². The van der Waals surface area contributed by atoms with E-state index in [4.69, 9.17) is 15.2 Å². The number of Topliss-reactive ketones (excluding diaryl/α,β-unsaturated/α-hetero) is 1. The highest BCUT2D eigenvalue weighted by Gasteiger charge is 2.76. The van der Waals surface area contributed by atoms with Gasteiger partial charge in [-0.1, -0.05) is 49.8 Å². The Morgan fingerprint density at radius 3 is 2.62 bits per heavy atom. The van der Waals surface area contributed by atoms with Gasteiger partial charge in [-0.15, -0.1) is 0 Å². The lowest BCUT2D eigenvalue weighted by atomic mass is 9.46. The van der Waals surface area contributed by atoms with E-state index in [1.165, 1.54) is 0 Å². The predicted octanol–water partition coefficient (Wildman–Crippen LogP) is 5.10. The van der Waals surface area contributed by atoms with E-state index in [-0.39, 0.29) is 35.5 Å². The Hall–Kier alpha value is -3.17. The molecule has 9 atom stereocenters. The number of anilines is 1. The Morgan fingerprint density at radius 1 is 1.13 bits per heavy atom. The highest BCUT2D eigenvalue weighted by atomic mass is 19.1. The van der Waals surface area contributed by atoms with Gasteiger partial charge >= 0.3 is 0 Å². The van der Waals surface area contributed by atoms with Gasteiger partial charge < -0.3 is 25.4 Å². The van der Waals surface area contributed by atoms with Crippen LogP contribution in [-0.4, -0.2) is 46.2 Å². The first kappa shape index (κ1) is 30.5. The maximum atomic E-state index is 16.3. The first-order valence-electron chi connectivity index (χ1n) is 16.1. The fraction of sp³-hybridized carbons (Fsp3) is 0.514. The number of carbonyl (C=O) groups excluding carboxylic acids is 2.